The lowest BCUT2D eigenvalue weighted by Gasteiger charge is -2.16. The van der Waals surface area contributed by atoms with Crippen LogP contribution in [-0.2, 0) is 0 Å². The number of hydrogen-bond donors (Lipinski definition) is 0. The van der Waals surface area contributed by atoms with Crippen LogP contribution in [0.5, 0.6) is 0 Å². The van der Waals surface area contributed by atoms with Crippen molar-refractivity contribution < 1.29 is 0 Å². The molecule has 0 aliphatic heterocycles. The van der Waals surface area contributed by atoms with Crippen molar-refractivity contribution in [3.63, 3.8) is 0 Å². The van der Waals surface area contributed by atoms with Crippen molar-refractivity contribution in [2.24, 2.45) is 0 Å². The van der Waals surface area contributed by atoms with Crippen molar-refractivity contribution in [2.75, 3.05) is 0 Å². The van der Waals surface area contributed by atoms with E-state index in [2.05, 4.69) is 19.1 Å². The highest BCUT2D eigenvalue weighted by atomic mass is 35.5. The van der Waals surface area contributed by atoms with Gasteiger partial charge in [-0.2, -0.15) is 0 Å². The molecule has 2 aromatic carbocycles. The third-order valence-corrected chi connectivity index (χ3v) is 3.94. The normalized spacial score (nSPS) is 14.2. The molecule has 0 nitrogen and oxygen atoms in total. The molecule has 94 valence electrons. The van der Waals surface area contributed by atoms with E-state index in [1.165, 1.54) is 11.1 Å². The van der Waals surface area contributed by atoms with E-state index in [9.17, 15) is 0 Å². The van der Waals surface area contributed by atoms with Crippen molar-refractivity contribution in [3.8, 4) is 0 Å². The number of rotatable bonds is 4. The highest BCUT2D eigenvalue weighted by molar-refractivity contribution is 6.23. The second-order valence-electron chi connectivity index (χ2n) is 4.44. The molecule has 0 aliphatic rings. The van der Waals surface area contributed by atoms with Crippen LogP contribution in [0.4, 0.5) is 0 Å². The minimum Gasteiger partial charge on any atom is -0.118 e. The molecule has 0 bridgehead atoms. The van der Waals surface area contributed by atoms with Crippen LogP contribution >= 0.6 is 23.2 Å². The van der Waals surface area contributed by atoms with E-state index < -0.39 is 0 Å². The molecule has 2 aromatic rings. The van der Waals surface area contributed by atoms with Crippen LogP contribution in [0.3, 0.4) is 0 Å². The fourth-order valence-corrected chi connectivity index (χ4v) is 2.88. The average Bonchev–Trinajstić information content (AvgIpc) is 2.40. The molecular formula is C16H16Cl2. The third-order valence-electron chi connectivity index (χ3n) is 3.10. The summed E-state index contributed by atoms with van der Waals surface area (Å²) in [5, 5.41) is -0.0952. The van der Waals surface area contributed by atoms with Gasteiger partial charge in [-0.25, -0.2) is 0 Å². The van der Waals surface area contributed by atoms with Crippen molar-refractivity contribution in [1.82, 2.24) is 0 Å². The van der Waals surface area contributed by atoms with Gasteiger partial charge < -0.3 is 0 Å². The zero-order valence-corrected chi connectivity index (χ0v) is 11.8. The van der Waals surface area contributed by atoms with E-state index in [0.29, 0.717) is 0 Å². The Kier molecular flexibility index (Phi) is 4.68. The van der Waals surface area contributed by atoms with Crippen LogP contribution in [0, 0.1) is 6.92 Å². The monoisotopic (exact) mass is 278 g/mol. The minimum absolute atomic E-state index is 0.0473. The van der Waals surface area contributed by atoms with Crippen LogP contribution in [0.1, 0.15) is 33.9 Å². The van der Waals surface area contributed by atoms with Gasteiger partial charge in [-0.15, -0.1) is 23.2 Å². The molecule has 0 aliphatic carbocycles. The predicted molar refractivity (Wildman–Crippen MR) is 79.4 cm³/mol. The molecule has 2 heteroatoms. The summed E-state index contributed by atoms with van der Waals surface area (Å²) in [6, 6.07) is 18.3. The quantitative estimate of drug-likeness (QED) is 0.635. The second kappa shape index (κ2) is 6.26. The van der Waals surface area contributed by atoms with Gasteiger partial charge in [0.25, 0.3) is 0 Å². The smallest absolute Gasteiger partial charge is 0.0605 e. The highest BCUT2D eigenvalue weighted by Crippen LogP contribution is 2.36. The molecule has 0 spiro atoms. The van der Waals surface area contributed by atoms with Crippen LogP contribution in [0.25, 0.3) is 0 Å². The first kappa shape index (κ1) is 13.5. The fraction of sp³-hybridized carbons (Fsp3) is 0.250. The summed E-state index contributed by atoms with van der Waals surface area (Å²) >= 11 is 12.9. The number of hydrogen-bond acceptors (Lipinski definition) is 0. The van der Waals surface area contributed by atoms with E-state index >= 15 is 0 Å². The number of aryl methyl sites for hydroxylation is 1. The molecule has 0 saturated carbocycles. The highest BCUT2D eigenvalue weighted by Gasteiger charge is 2.16. The summed E-state index contributed by atoms with van der Waals surface area (Å²) in [6.07, 6.45) is 0.734. The molecule has 2 rings (SSSR count). The summed E-state index contributed by atoms with van der Waals surface area (Å²) < 4.78 is 0. The van der Waals surface area contributed by atoms with E-state index in [1.807, 2.05) is 42.5 Å². The molecule has 0 saturated heterocycles. The Morgan fingerprint density at radius 2 is 1.44 bits per heavy atom. The zero-order valence-electron chi connectivity index (χ0n) is 10.3. The van der Waals surface area contributed by atoms with Crippen molar-refractivity contribution >= 4 is 23.2 Å². The largest absolute Gasteiger partial charge is 0.118 e. The first-order valence-electron chi connectivity index (χ1n) is 6.07. The Bertz CT molecular complexity index is 493. The van der Waals surface area contributed by atoms with Crippen molar-refractivity contribution in [1.29, 1.82) is 0 Å². The molecule has 0 N–H and O–H groups in total. The summed E-state index contributed by atoms with van der Waals surface area (Å²) in [5.41, 5.74) is 3.51. The standard InChI is InChI=1S/C16H16Cl2/c1-12-7-5-6-10-14(12)16(18)11-15(17)13-8-3-2-4-9-13/h2-10,15-16H,11H2,1H3. The van der Waals surface area contributed by atoms with Gasteiger partial charge in [-0.3, -0.25) is 0 Å². The Labute approximate surface area is 119 Å². The lowest BCUT2D eigenvalue weighted by atomic mass is 10.00. The van der Waals surface area contributed by atoms with Gasteiger partial charge in [0.2, 0.25) is 0 Å². The first-order valence-corrected chi connectivity index (χ1v) is 6.94. The van der Waals surface area contributed by atoms with E-state index in [4.69, 9.17) is 23.2 Å². The molecule has 2 unspecified atom stereocenters. The maximum absolute atomic E-state index is 6.47. The topological polar surface area (TPSA) is 0 Å². The van der Waals surface area contributed by atoms with Gasteiger partial charge in [-0.05, 0) is 30.0 Å². The molecule has 0 amide bonds. The Balaban J connectivity index is 2.08. The molecule has 0 aromatic heterocycles. The lowest BCUT2D eigenvalue weighted by molar-refractivity contribution is 0.765. The molecule has 18 heavy (non-hydrogen) atoms. The van der Waals surface area contributed by atoms with E-state index in [-0.39, 0.29) is 10.8 Å². The van der Waals surface area contributed by atoms with Crippen LogP contribution < -0.4 is 0 Å². The van der Waals surface area contributed by atoms with Crippen LogP contribution in [0.15, 0.2) is 54.6 Å². The van der Waals surface area contributed by atoms with E-state index in [1.54, 1.807) is 0 Å². The van der Waals surface area contributed by atoms with Gasteiger partial charge >= 0.3 is 0 Å². The van der Waals surface area contributed by atoms with Gasteiger partial charge in [0.1, 0.15) is 0 Å². The molecule has 0 heterocycles. The van der Waals surface area contributed by atoms with Crippen LogP contribution in [0.2, 0.25) is 0 Å². The summed E-state index contributed by atoms with van der Waals surface area (Å²) in [6.45, 7) is 2.08. The Morgan fingerprint density at radius 1 is 0.833 bits per heavy atom. The second-order valence-corrected chi connectivity index (χ2v) is 5.49. The molecule has 0 fully saturated rings. The molecule has 2 atom stereocenters. The molecular weight excluding hydrogens is 263 g/mol. The maximum atomic E-state index is 6.47. The van der Waals surface area contributed by atoms with Gasteiger partial charge in [0.05, 0.1) is 10.8 Å². The number of halogens is 2. The summed E-state index contributed by atoms with van der Waals surface area (Å²) in [7, 11) is 0. The van der Waals surface area contributed by atoms with Crippen LogP contribution in [-0.4, -0.2) is 0 Å². The van der Waals surface area contributed by atoms with Crippen molar-refractivity contribution in [2.45, 2.75) is 24.1 Å². The van der Waals surface area contributed by atoms with Gasteiger partial charge in [0.15, 0.2) is 0 Å². The third kappa shape index (κ3) is 3.28. The zero-order chi connectivity index (χ0) is 13.0. The maximum Gasteiger partial charge on any atom is 0.0605 e. The predicted octanol–water partition coefficient (Wildman–Crippen LogP) is 5.65. The van der Waals surface area contributed by atoms with Gasteiger partial charge in [-0.1, -0.05) is 54.6 Å². The lowest BCUT2D eigenvalue weighted by Crippen LogP contribution is -1.99. The SMILES string of the molecule is Cc1ccccc1C(Cl)CC(Cl)c1ccccc1. The van der Waals surface area contributed by atoms with Gasteiger partial charge in [0, 0.05) is 0 Å². The average molecular weight is 279 g/mol. The van der Waals surface area contributed by atoms with Crippen molar-refractivity contribution in [3.05, 3.63) is 71.3 Å². The van der Waals surface area contributed by atoms with E-state index in [0.717, 1.165) is 12.0 Å². The Hall–Kier alpha value is -0.980. The molecule has 0 radical (unpaired) electrons. The number of benzene rings is 2. The number of alkyl halides is 2. The summed E-state index contributed by atoms with van der Waals surface area (Å²) in [4.78, 5) is 0. The minimum atomic E-state index is -0.0479. The first-order chi connectivity index (χ1) is 8.68. The Morgan fingerprint density at radius 3 is 2.11 bits per heavy atom. The fourth-order valence-electron chi connectivity index (χ4n) is 2.04. The summed E-state index contributed by atoms with van der Waals surface area (Å²) in [5.74, 6) is 0.